The molecule has 0 saturated heterocycles. The first-order valence-corrected chi connectivity index (χ1v) is 6.13. The van der Waals surface area contributed by atoms with Crippen molar-refractivity contribution in [1.82, 2.24) is 4.98 Å². The van der Waals surface area contributed by atoms with E-state index in [0.717, 1.165) is 22.2 Å². The summed E-state index contributed by atoms with van der Waals surface area (Å²) in [6.45, 7) is 7.11. The second kappa shape index (κ2) is 4.58. The van der Waals surface area contributed by atoms with Crippen LogP contribution in [0, 0.1) is 0 Å². The van der Waals surface area contributed by atoms with Crippen LogP contribution in [0.2, 0.25) is 0 Å². The maximum absolute atomic E-state index is 5.83. The van der Waals surface area contributed by atoms with Crippen LogP contribution in [0.1, 0.15) is 31.9 Å². The highest BCUT2D eigenvalue weighted by atomic mass is 16.5. The quantitative estimate of drug-likeness (QED) is 0.883. The molecule has 0 fully saturated rings. The van der Waals surface area contributed by atoms with Gasteiger partial charge in [-0.2, -0.15) is 0 Å². The van der Waals surface area contributed by atoms with Gasteiger partial charge in [-0.3, -0.25) is 4.98 Å². The van der Waals surface area contributed by atoms with Gasteiger partial charge >= 0.3 is 0 Å². The summed E-state index contributed by atoms with van der Waals surface area (Å²) in [4.78, 5) is 4.47. The molecule has 1 aromatic heterocycles. The predicted molar refractivity (Wildman–Crippen MR) is 74.9 cm³/mol. The Kier molecular flexibility index (Phi) is 3.26. The van der Waals surface area contributed by atoms with Crippen LogP contribution in [0.3, 0.4) is 0 Å². The summed E-state index contributed by atoms with van der Waals surface area (Å²) >= 11 is 0. The van der Waals surface area contributed by atoms with Gasteiger partial charge in [-0.1, -0.05) is 20.8 Å². The number of ether oxygens (including phenoxy) is 1. The summed E-state index contributed by atoms with van der Waals surface area (Å²) in [5.41, 5.74) is 9.22. The van der Waals surface area contributed by atoms with Crippen LogP contribution in [0.5, 0.6) is 5.75 Å². The molecule has 0 saturated carbocycles. The summed E-state index contributed by atoms with van der Waals surface area (Å²) in [7, 11) is 1.67. The normalized spacial score (nSPS) is 11.8. The van der Waals surface area contributed by atoms with Crippen LogP contribution in [0.25, 0.3) is 10.9 Å². The molecule has 0 spiro atoms. The molecule has 1 aromatic carbocycles. The van der Waals surface area contributed by atoms with E-state index in [1.165, 1.54) is 5.56 Å². The third kappa shape index (κ3) is 2.18. The van der Waals surface area contributed by atoms with E-state index in [2.05, 4.69) is 31.8 Å². The van der Waals surface area contributed by atoms with Crippen molar-refractivity contribution in [3.05, 3.63) is 35.5 Å². The fourth-order valence-electron chi connectivity index (χ4n) is 2.38. The fourth-order valence-corrected chi connectivity index (χ4v) is 2.38. The lowest BCUT2D eigenvalue weighted by Crippen LogP contribution is -2.17. The van der Waals surface area contributed by atoms with E-state index in [4.69, 9.17) is 10.5 Å². The number of aromatic nitrogens is 1. The average Bonchev–Trinajstić information content (AvgIpc) is 2.35. The lowest BCUT2D eigenvalue weighted by Gasteiger charge is -2.24. The van der Waals surface area contributed by atoms with Gasteiger partial charge < -0.3 is 10.5 Å². The van der Waals surface area contributed by atoms with Gasteiger partial charge in [0.05, 0.1) is 12.6 Å². The van der Waals surface area contributed by atoms with Crippen molar-refractivity contribution in [1.29, 1.82) is 0 Å². The first kappa shape index (κ1) is 12.8. The molecule has 18 heavy (non-hydrogen) atoms. The molecular formula is C15H20N2O. The number of nitrogens with two attached hydrogens (primary N) is 1. The molecule has 0 aliphatic heterocycles. The van der Waals surface area contributed by atoms with Crippen molar-refractivity contribution in [3.8, 4) is 5.75 Å². The monoisotopic (exact) mass is 244 g/mol. The minimum atomic E-state index is 0.0461. The van der Waals surface area contributed by atoms with Crippen LogP contribution < -0.4 is 10.5 Å². The van der Waals surface area contributed by atoms with Gasteiger partial charge in [0.1, 0.15) is 5.75 Å². The Labute approximate surface area is 108 Å². The molecule has 0 unspecified atom stereocenters. The topological polar surface area (TPSA) is 48.1 Å². The van der Waals surface area contributed by atoms with Gasteiger partial charge in [-0.25, -0.2) is 0 Å². The minimum absolute atomic E-state index is 0.0461. The van der Waals surface area contributed by atoms with Crippen LogP contribution in [0.4, 0.5) is 0 Å². The average molecular weight is 244 g/mol. The highest BCUT2D eigenvalue weighted by molar-refractivity contribution is 5.85. The molecule has 0 aliphatic rings. The molecule has 0 atom stereocenters. The Morgan fingerprint density at radius 3 is 2.56 bits per heavy atom. The Balaban J connectivity index is 2.78. The Morgan fingerprint density at radius 2 is 2.00 bits per heavy atom. The largest absolute Gasteiger partial charge is 0.497 e. The fraction of sp³-hybridized carbons (Fsp3) is 0.400. The van der Waals surface area contributed by atoms with Gasteiger partial charge in [0, 0.05) is 24.2 Å². The summed E-state index contributed by atoms with van der Waals surface area (Å²) < 4.78 is 5.24. The molecule has 96 valence electrons. The van der Waals surface area contributed by atoms with Crippen LogP contribution >= 0.6 is 0 Å². The molecule has 0 radical (unpaired) electrons. The minimum Gasteiger partial charge on any atom is -0.497 e. The SMILES string of the molecule is COc1ccc2c(C(C)(C)C)c(CN)cnc2c1. The molecule has 0 bridgehead atoms. The molecule has 2 aromatic rings. The number of fused-ring (bicyclic) bond motifs is 1. The summed E-state index contributed by atoms with van der Waals surface area (Å²) in [6, 6.07) is 6.01. The third-order valence-corrected chi connectivity index (χ3v) is 3.12. The molecule has 3 heteroatoms. The van der Waals surface area contributed by atoms with Crippen molar-refractivity contribution in [2.45, 2.75) is 32.7 Å². The number of methoxy groups -OCH3 is 1. The van der Waals surface area contributed by atoms with Crippen molar-refractivity contribution in [2.24, 2.45) is 5.73 Å². The number of hydrogen-bond donors (Lipinski definition) is 1. The second-order valence-corrected chi connectivity index (χ2v) is 5.50. The smallest absolute Gasteiger partial charge is 0.121 e. The predicted octanol–water partition coefficient (Wildman–Crippen LogP) is 3.00. The zero-order chi connectivity index (χ0) is 13.3. The summed E-state index contributed by atoms with van der Waals surface area (Å²) in [5.74, 6) is 0.829. The lowest BCUT2D eigenvalue weighted by atomic mass is 9.82. The van der Waals surface area contributed by atoms with Crippen LogP contribution in [-0.2, 0) is 12.0 Å². The van der Waals surface area contributed by atoms with Gasteiger partial charge in [0.2, 0.25) is 0 Å². The van der Waals surface area contributed by atoms with E-state index >= 15 is 0 Å². The third-order valence-electron chi connectivity index (χ3n) is 3.12. The van der Waals surface area contributed by atoms with E-state index in [1.807, 2.05) is 18.3 Å². The van der Waals surface area contributed by atoms with Gasteiger partial charge in [-0.15, -0.1) is 0 Å². The van der Waals surface area contributed by atoms with E-state index in [-0.39, 0.29) is 5.41 Å². The Bertz CT molecular complexity index is 570. The van der Waals surface area contributed by atoms with Crippen molar-refractivity contribution in [2.75, 3.05) is 7.11 Å². The van der Waals surface area contributed by atoms with E-state index < -0.39 is 0 Å². The van der Waals surface area contributed by atoms with Crippen molar-refractivity contribution in [3.63, 3.8) is 0 Å². The first-order valence-electron chi connectivity index (χ1n) is 6.13. The zero-order valence-electron chi connectivity index (χ0n) is 11.4. The number of benzene rings is 1. The number of nitrogens with zero attached hydrogens (tertiary/aromatic N) is 1. The molecule has 0 aliphatic carbocycles. The number of rotatable bonds is 2. The maximum atomic E-state index is 5.83. The molecule has 2 rings (SSSR count). The van der Waals surface area contributed by atoms with Gasteiger partial charge in [0.15, 0.2) is 0 Å². The first-order chi connectivity index (χ1) is 8.47. The molecule has 3 nitrogen and oxygen atoms in total. The second-order valence-electron chi connectivity index (χ2n) is 5.50. The highest BCUT2D eigenvalue weighted by Gasteiger charge is 2.21. The molecule has 2 N–H and O–H groups in total. The van der Waals surface area contributed by atoms with E-state index in [9.17, 15) is 0 Å². The van der Waals surface area contributed by atoms with E-state index in [1.54, 1.807) is 7.11 Å². The number of hydrogen-bond acceptors (Lipinski definition) is 3. The molecular weight excluding hydrogens is 224 g/mol. The van der Waals surface area contributed by atoms with Crippen LogP contribution in [0.15, 0.2) is 24.4 Å². The number of pyridine rings is 1. The van der Waals surface area contributed by atoms with Crippen LogP contribution in [-0.4, -0.2) is 12.1 Å². The molecule has 0 amide bonds. The van der Waals surface area contributed by atoms with Gasteiger partial charge in [-0.05, 0) is 28.7 Å². The summed E-state index contributed by atoms with van der Waals surface area (Å²) in [5, 5.41) is 1.16. The highest BCUT2D eigenvalue weighted by Crippen LogP contribution is 2.33. The van der Waals surface area contributed by atoms with E-state index in [0.29, 0.717) is 6.54 Å². The standard InChI is InChI=1S/C15H20N2O/c1-15(2,3)14-10(8-16)9-17-13-7-11(18-4)5-6-12(13)14/h5-7,9H,8,16H2,1-4H3. The summed E-state index contributed by atoms with van der Waals surface area (Å²) in [6.07, 6.45) is 1.88. The Morgan fingerprint density at radius 1 is 1.28 bits per heavy atom. The van der Waals surface area contributed by atoms with Crippen molar-refractivity contribution >= 4 is 10.9 Å². The molecule has 1 heterocycles. The lowest BCUT2D eigenvalue weighted by molar-refractivity contribution is 0.415. The Hall–Kier alpha value is -1.61. The van der Waals surface area contributed by atoms with Crippen molar-refractivity contribution < 1.29 is 4.74 Å². The maximum Gasteiger partial charge on any atom is 0.121 e. The van der Waals surface area contributed by atoms with Gasteiger partial charge in [0.25, 0.3) is 0 Å². The zero-order valence-corrected chi connectivity index (χ0v) is 11.4.